The van der Waals surface area contributed by atoms with Crippen LogP contribution in [0.4, 0.5) is 0 Å². The van der Waals surface area contributed by atoms with E-state index in [-0.39, 0.29) is 11.5 Å². The Hall–Kier alpha value is -1.73. The first-order valence-electron chi connectivity index (χ1n) is 5.95. The molecule has 2 heterocycles. The summed E-state index contributed by atoms with van der Waals surface area (Å²) in [5, 5.41) is 4.94. The standard InChI is InChI=1S/C12H16N4O2S/c1-16(2)10(17)3-5-13-7-9-14-8-4-6-19-11(8)12(18)15-9/h4,6,13H,3,5,7H2,1-2H3,(H,14,15,18). The Morgan fingerprint density at radius 3 is 3.05 bits per heavy atom. The molecule has 0 fully saturated rings. The lowest BCUT2D eigenvalue weighted by Gasteiger charge is -2.10. The second-order valence-electron chi connectivity index (χ2n) is 4.36. The Morgan fingerprint density at radius 1 is 1.53 bits per heavy atom. The number of aromatic amines is 1. The van der Waals surface area contributed by atoms with Gasteiger partial charge in [-0.25, -0.2) is 4.98 Å². The summed E-state index contributed by atoms with van der Waals surface area (Å²) in [6.07, 6.45) is 0.428. The molecule has 7 heteroatoms. The molecule has 0 aliphatic rings. The fourth-order valence-electron chi connectivity index (χ4n) is 1.63. The molecule has 2 rings (SSSR count). The summed E-state index contributed by atoms with van der Waals surface area (Å²) in [6, 6.07) is 1.83. The van der Waals surface area contributed by atoms with Gasteiger partial charge in [0.2, 0.25) is 5.91 Å². The second-order valence-corrected chi connectivity index (χ2v) is 5.28. The van der Waals surface area contributed by atoms with Crippen molar-refractivity contribution < 1.29 is 4.79 Å². The maximum absolute atomic E-state index is 11.7. The van der Waals surface area contributed by atoms with Crippen molar-refractivity contribution in [3.63, 3.8) is 0 Å². The molecule has 19 heavy (non-hydrogen) atoms. The summed E-state index contributed by atoms with van der Waals surface area (Å²) < 4.78 is 0.645. The van der Waals surface area contributed by atoms with Crippen LogP contribution in [-0.4, -0.2) is 41.4 Å². The monoisotopic (exact) mass is 280 g/mol. The van der Waals surface area contributed by atoms with E-state index < -0.39 is 0 Å². The van der Waals surface area contributed by atoms with Gasteiger partial charge in [-0.05, 0) is 11.4 Å². The number of amides is 1. The molecule has 6 nitrogen and oxygen atoms in total. The normalized spacial score (nSPS) is 10.8. The first-order valence-corrected chi connectivity index (χ1v) is 6.83. The van der Waals surface area contributed by atoms with Gasteiger partial charge < -0.3 is 15.2 Å². The van der Waals surface area contributed by atoms with E-state index in [0.717, 1.165) is 5.52 Å². The maximum Gasteiger partial charge on any atom is 0.268 e. The summed E-state index contributed by atoms with van der Waals surface area (Å²) in [5.41, 5.74) is 0.607. The molecule has 0 saturated heterocycles. The molecule has 0 radical (unpaired) electrons. The molecule has 2 aromatic heterocycles. The minimum absolute atomic E-state index is 0.0715. The van der Waals surface area contributed by atoms with Gasteiger partial charge in [0.05, 0.1) is 12.1 Å². The van der Waals surface area contributed by atoms with E-state index in [1.807, 2.05) is 11.4 Å². The van der Waals surface area contributed by atoms with E-state index in [2.05, 4.69) is 15.3 Å². The van der Waals surface area contributed by atoms with Crippen LogP contribution in [0.15, 0.2) is 16.2 Å². The van der Waals surface area contributed by atoms with Gasteiger partial charge in [-0.2, -0.15) is 0 Å². The van der Waals surface area contributed by atoms with Crippen LogP contribution in [0.1, 0.15) is 12.2 Å². The summed E-state index contributed by atoms with van der Waals surface area (Å²) in [6.45, 7) is 1.00. The Balaban J connectivity index is 1.91. The summed E-state index contributed by atoms with van der Waals surface area (Å²) in [7, 11) is 3.46. The van der Waals surface area contributed by atoms with Crippen molar-refractivity contribution in [3.05, 3.63) is 27.6 Å². The number of fused-ring (bicyclic) bond motifs is 1. The van der Waals surface area contributed by atoms with Crippen molar-refractivity contribution in [2.24, 2.45) is 0 Å². The predicted octanol–water partition coefficient (Wildman–Crippen LogP) is 0.552. The molecule has 0 bridgehead atoms. The number of nitrogens with zero attached hydrogens (tertiary/aromatic N) is 2. The van der Waals surface area contributed by atoms with Gasteiger partial charge in [0.15, 0.2) is 0 Å². The van der Waals surface area contributed by atoms with Crippen molar-refractivity contribution in [2.75, 3.05) is 20.6 Å². The number of carbonyl (C=O) groups is 1. The zero-order valence-corrected chi connectivity index (χ0v) is 11.7. The van der Waals surface area contributed by atoms with E-state index in [1.54, 1.807) is 19.0 Å². The lowest BCUT2D eigenvalue weighted by Crippen LogP contribution is -2.27. The van der Waals surface area contributed by atoms with Gasteiger partial charge in [0.25, 0.3) is 5.56 Å². The van der Waals surface area contributed by atoms with Crippen molar-refractivity contribution in [1.82, 2.24) is 20.2 Å². The van der Waals surface area contributed by atoms with Crippen LogP contribution in [0, 0.1) is 0 Å². The third-order valence-electron chi connectivity index (χ3n) is 2.67. The minimum Gasteiger partial charge on any atom is -0.349 e. The number of thiophene rings is 1. The first kappa shape index (κ1) is 13.7. The van der Waals surface area contributed by atoms with E-state index >= 15 is 0 Å². The molecule has 0 saturated carbocycles. The lowest BCUT2D eigenvalue weighted by atomic mass is 10.3. The van der Waals surface area contributed by atoms with Gasteiger partial charge in [0.1, 0.15) is 10.5 Å². The zero-order valence-electron chi connectivity index (χ0n) is 10.9. The smallest absolute Gasteiger partial charge is 0.268 e. The molecule has 2 aromatic rings. The number of rotatable bonds is 5. The Kier molecular flexibility index (Phi) is 4.28. The highest BCUT2D eigenvalue weighted by molar-refractivity contribution is 7.17. The molecular formula is C12H16N4O2S. The summed E-state index contributed by atoms with van der Waals surface area (Å²) in [5.74, 6) is 0.662. The van der Waals surface area contributed by atoms with Crippen molar-refractivity contribution in [2.45, 2.75) is 13.0 Å². The van der Waals surface area contributed by atoms with Crippen molar-refractivity contribution >= 4 is 27.5 Å². The van der Waals surface area contributed by atoms with Crippen molar-refractivity contribution in [1.29, 1.82) is 0 Å². The molecule has 0 aliphatic carbocycles. The van der Waals surface area contributed by atoms with E-state index in [9.17, 15) is 9.59 Å². The number of hydrogen-bond acceptors (Lipinski definition) is 5. The van der Waals surface area contributed by atoms with Gasteiger partial charge in [0, 0.05) is 27.1 Å². The van der Waals surface area contributed by atoms with Gasteiger partial charge >= 0.3 is 0 Å². The Labute approximate surface area is 114 Å². The molecular weight excluding hydrogens is 264 g/mol. The van der Waals surface area contributed by atoms with Crippen LogP contribution in [0.5, 0.6) is 0 Å². The molecule has 2 N–H and O–H groups in total. The fraction of sp³-hybridized carbons (Fsp3) is 0.417. The highest BCUT2D eigenvalue weighted by atomic mass is 32.1. The second kappa shape index (κ2) is 5.94. The highest BCUT2D eigenvalue weighted by Crippen LogP contribution is 2.13. The molecule has 0 spiro atoms. The van der Waals surface area contributed by atoms with Gasteiger partial charge in [-0.3, -0.25) is 9.59 Å². The zero-order chi connectivity index (χ0) is 13.8. The Bertz CT molecular complexity index is 632. The SMILES string of the molecule is CN(C)C(=O)CCNCc1nc2ccsc2c(=O)[nH]1. The van der Waals surface area contributed by atoms with E-state index in [0.29, 0.717) is 30.0 Å². The van der Waals surface area contributed by atoms with Crippen LogP contribution < -0.4 is 10.9 Å². The quantitative estimate of drug-likeness (QED) is 0.784. The number of nitrogens with one attached hydrogen (secondary N) is 2. The van der Waals surface area contributed by atoms with E-state index in [1.165, 1.54) is 11.3 Å². The fourth-order valence-corrected chi connectivity index (χ4v) is 2.36. The maximum atomic E-state index is 11.7. The van der Waals surface area contributed by atoms with Crippen LogP contribution in [-0.2, 0) is 11.3 Å². The molecule has 0 unspecified atom stereocenters. The molecule has 0 atom stereocenters. The third kappa shape index (κ3) is 3.39. The first-order chi connectivity index (χ1) is 9.08. The Morgan fingerprint density at radius 2 is 2.32 bits per heavy atom. The average molecular weight is 280 g/mol. The van der Waals surface area contributed by atoms with Gasteiger partial charge in [-0.1, -0.05) is 0 Å². The largest absolute Gasteiger partial charge is 0.349 e. The third-order valence-corrected chi connectivity index (χ3v) is 3.57. The van der Waals surface area contributed by atoms with Crippen LogP contribution >= 0.6 is 11.3 Å². The average Bonchev–Trinajstić information content (AvgIpc) is 2.83. The number of hydrogen-bond donors (Lipinski definition) is 2. The lowest BCUT2D eigenvalue weighted by molar-refractivity contribution is -0.128. The van der Waals surface area contributed by atoms with Crippen molar-refractivity contribution in [3.8, 4) is 0 Å². The molecule has 102 valence electrons. The van der Waals surface area contributed by atoms with Crippen LogP contribution in [0.25, 0.3) is 10.2 Å². The summed E-state index contributed by atoms with van der Waals surface area (Å²) >= 11 is 1.38. The highest BCUT2D eigenvalue weighted by Gasteiger charge is 2.06. The van der Waals surface area contributed by atoms with E-state index in [4.69, 9.17) is 0 Å². The number of carbonyl (C=O) groups excluding carboxylic acids is 1. The summed E-state index contributed by atoms with van der Waals surface area (Å²) in [4.78, 5) is 31.7. The number of aromatic nitrogens is 2. The van der Waals surface area contributed by atoms with Gasteiger partial charge in [-0.15, -0.1) is 11.3 Å². The van der Waals surface area contributed by atoms with Crippen LogP contribution in [0.3, 0.4) is 0 Å². The minimum atomic E-state index is -0.110. The topological polar surface area (TPSA) is 78.1 Å². The van der Waals surface area contributed by atoms with Crippen LogP contribution in [0.2, 0.25) is 0 Å². The predicted molar refractivity (Wildman–Crippen MR) is 75.3 cm³/mol. The molecule has 1 amide bonds. The molecule has 0 aromatic carbocycles. The molecule has 0 aliphatic heterocycles. The number of H-pyrrole nitrogens is 1.